The van der Waals surface area contributed by atoms with E-state index >= 15 is 0 Å². The largest absolute Gasteiger partial charge is 0.463 e. The second-order valence-electron chi connectivity index (χ2n) is 11.4. The summed E-state index contributed by atoms with van der Waals surface area (Å²) in [6, 6.07) is -1.16. The number of hydrogen-bond acceptors (Lipinski definition) is 10. The first-order valence-electron chi connectivity index (χ1n) is 16.1. The van der Waals surface area contributed by atoms with Crippen LogP contribution in [0.2, 0.25) is 0 Å². The van der Waals surface area contributed by atoms with Crippen LogP contribution in [-0.2, 0) is 47.7 Å². The quantitative estimate of drug-likeness (QED) is 0.0951. The fourth-order valence-electron chi connectivity index (χ4n) is 5.24. The topological polar surface area (TPSA) is 144 Å². The van der Waals surface area contributed by atoms with E-state index in [1.165, 1.54) is 77.6 Å². The standard InChI is InChI=1S/C32H55NO10/c1-6-7-8-9-10-11-12-13-14-15-16-17-18-19-20-21-28(38)33-29-31(41-25(4)36)30(40-24(3)35)27(22-39-23(2)34)43-32(29)42-26(5)37/h27,29-32H,6-22H2,1-5H3,(H,33,38)/t27-,29+,30-,31-,32-/m1/s1. The Hall–Kier alpha value is -2.69. The maximum atomic E-state index is 12.9. The van der Waals surface area contributed by atoms with Gasteiger partial charge in [0.15, 0.2) is 12.2 Å². The van der Waals surface area contributed by atoms with Crippen LogP contribution in [0.15, 0.2) is 0 Å². The third kappa shape index (κ3) is 17.9. The maximum absolute atomic E-state index is 12.9. The number of hydrogen-bond donors (Lipinski definition) is 1. The molecule has 0 saturated carbocycles. The summed E-state index contributed by atoms with van der Waals surface area (Å²) in [6.07, 6.45) is 13.4. The highest BCUT2D eigenvalue weighted by Crippen LogP contribution is 2.28. The van der Waals surface area contributed by atoms with E-state index in [1.54, 1.807) is 0 Å². The third-order valence-electron chi connectivity index (χ3n) is 7.32. The van der Waals surface area contributed by atoms with Gasteiger partial charge in [-0.25, -0.2) is 0 Å². The summed E-state index contributed by atoms with van der Waals surface area (Å²) in [4.78, 5) is 60.0. The van der Waals surface area contributed by atoms with Crippen molar-refractivity contribution in [2.75, 3.05) is 6.61 Å². The van der Waals surface area contributed by atoms with Crippen molar-refractivity contribution in [1.82, 2.24) is 5.32 Å². The highest BCUT2D eigenvalue weighted by Gasteiger charge is 2.52. The Balaban J connectivity index is 2.57. The summed E-state index contributed by atoms with van der Waals surface area (Å²) in [5, 5.41) is 2.75. The summed E-state index contributed by atoms with van der Waals surface area (Å²) in [6.45, 7) is 6.57. The van der Waals surface area contributed by atoms with Crippen LogP contribution in [0.3, 0.4) is 0 Å². The Bertz CT molecular complexity index is 848. The molecular weight excluding hydrogens is 558 g/mol. The summed E-state index contributed by atoms with van der Waals surface area (Å²) in [5.41, 5.74) is 0. The average molecular weight is 614 g/mol. The van der Waals surface area contributed by atoms with Gasteiger partial charge in [-0.1, -0.05) is 96.8 Å². The number of amides is 1. The van der Waals surface area contributed by atoms with E-state index in [2.05, 4.69) is 12.2 Å². The molecule has 1 rings (SSSR count). The summed E-state index contributed by atoms with van der Waals surface area (Å²) in [7, 11) is 0. The molecule has 0 radical (unpaired) electrons. The molecule has 11 nitrogen and oxygen atoms in total. The number of unbranched alkanes of at least 4 members (excludes halogenated alkanes) is 14. The fourth-order valence-corrected chi connectivity index (χ4v) is 5.24. The summed E-state index contributed by atoms with van der Waals surface area (Å²) < 4.78 is 27.0. The Morgan fingerprint density at radius 2 is 1.02 bits per heavy atom. The highest BCUT2D eigenvalue weighted by molar-refractivity contribution is 5.76. The second-order valence-corrected chi connectivity index (χ2v) is 11.4. The first kappa shape index (κ1) is 38.3. The van der Waals surface area contributed by atoms with Gasteiger partial charge in [-0.2, -0.15) is 0 Å². The smallest absolute Gasteiger partial charge is 0.305 e. The predicted octanol–water partition coefficient (Wildman–Crippen LogP) is 5.45. The Labute approximate surface area is 257 Å². The molecule has 0 spiro atoms. The number of nitrogens with one attached hydrogen (secondary N) is 1. The normalized spacial score (nSPS) is 21.5. The van der Waals surface area contributed by atoms with Crippen LogP contribution in [0.5, 0.6) is 0 Å². The van der Waals surface area contributed by atoms with Gasteiger partial charge >= 0.3 is 23.9 Å². The zero-order chi connectivity index (χ0) is 32.0. The molecule has 1 fully saturated rings. The molecule has 1 aliphatic heterocycles. The molecule has 1 aliphatic rings. The first-order valence-corrected chi connectivity index (χ1v) is 16.1. The molecule has 1 N–H and O–H groups in total. The van der Waals surface area contributed by atoms with Gasteiger partial charge in [0.05, 0.1) is 0 Å². The molecule has 1 heterocycles. The fraction of sp³-hybridized carbons (Fsp3) is 0.844. The zero-order valence-electron chi connectivity index (χ0n) is 27.0. The lowest BCUT2D eigenvalue weighted by molar-refractivity contribution is -0.271. The molecule has 1 amide bonds. The van der Waals surface area contributed by atoms with Crippen molar-refractivity contribution < 1.29 is 47.7 Å². The van der Waals surface area contributed by atoms with Crippen molar-refractivity contribution in [2.24, 2.45) is 0 Å². The second kappa shape index (κ2) is 22.8. The molecule has 11 heteroatoms. The van der Waals surface area contributed by atoms with E-state index in [0.29, 0.717) is 6.42 Å². The minimum atomic E-state index is -1.38. The summed E-state index contributed by atoms with van der Waals surface area (Å²) in [5.74, 6) is -3.08. The van der Waals surface area contributed by atoms with Gasteiger partial charge in [0.1, 0.15) is 18.8 Å². The average Bonchev–Trinajstić information content (AvgIpc) is 2.92. The molecule has 0 aromatic carbocycles. The molecule has 0 aromatic heterocycles. The molecule has 0 bridgehead atoms. The van der Waals surface area contributed by atoms with E-state index in [4.69, 9.17) is 23.7 Å². The molecule has 0 aromatic rings. The number of ether oxygens (including phenoxy) is 5. The first-order chi connectivity index (χ1) is 20.5. The Kier molecular flexibility index (Phi) is 20.3. The molecule has 1 saturated heterocycles. The minimum absolute atomic E-state index is 0.212. The lowest BCUT2D eigenvalue weighted by atomic mass is 9.95. The van der Waals surface area contributed by atoms with E-state index < -0.39 is 54.5 Å². The summed E-state index contributed by atoms with van der Waals surface area (Å²) >= 11 is 0. The van der Waals surface area contributed by atoms with E-state index in [0.717, 1.165) is 40.0 Å². The van der Waals surface area contributed by atoms with Gasteiger partial charge in [-0.3, -0.25) is 24.0 Å². The number of carbonyl (C=O) groups excluding carboxylic acids is 5. The van der Waals surface area contributed by atoms with Gasteiger partial charge in [0.25, 0.3) is 0 Å². The van der Waals surface area contributed by atoms with Gasteiger partial charge in [-0.15, -0.1) is 0 Å². The Morgan fingerprint density at radius 3 is 1.47 bits per heavy atom. The van der Waals surface area contributed by atoms with E-state index in [1.807, 2.05) is 0 Å². The van der Waals surface area contributed by atoms with Crippen LogP contribution in [-0.4, -0.2) is 67.0 Å². The van der Waals surface area contributed by atoms with Crippen LogP contribution >= 0.6 is 0 Å². The van der Waals surface area contributed by atoms with Crippen molar-refractivity contribution in [2.45, 2.75) is 168 Å². The monoisotopic (exact) mass is 613 g/mol. The van der Waals surface area contributed by atoms with Crippen molar-refractivity contribution in [3.63, 3.8) is 0 Å². The number of carbonyl (C=O) groups is 5. The molecule has 0 unspecified atom stereocenters. The van der Waals surface area contributed by atoms with Crippen LogP contribution in [0.1, 0.15) is 137 Å². The van der Waals surface area contributed by atoms with Crippen LogP contribution in [0, 0.1) is 0 Å². The van der Waals surface area contributed by atoms with Crippen molar-refractivity contribution in [3.05, 3.63) is 0 Å². The van der Waals surface area contributed by atoms with Crippen molar-refractivity contribution >= 4 is 29.8 Å². The molecular formula is C32H55NO10. The van der Waals surface area contributed by atoms with E-state index in [9.17, 15) is 24.0 Å². The lowest BCUT2D eigenvalue weighted by Gasteiger charge is -2.44. The maximum Gasteiger partial charge on any atom is 0.305 e. The van der Waals surface area contributed by atoms with Gasteiger partial charge in [0, 0.05) is 34.1 Å². The van der Waals surface area contributed by atoms with Gasteiger partial charge in [-0.05, 0) is 6.42 Å². The van der Waals surface area contributed by atoms with Crippen LogP contribution < -0.4 is 5.32 Å². The van der Waals surface area contributed by atoms with E-state index in [-0.39, 0.29) is 18.9 Å². The molecule has 248 valence electrons. The third-order valence-corrected chi connectivity index (χ3v) is 7.32. The highest BCUT2D eigenvalue weighted by atomic mass is 16.7. The lowest BCUT2D eigenvalue weighted by Crippen LogP contribution is -2.67. The zero-order valence-corrected chi connectivity index (χ0v) is 27.0. The minimum Gasteiger partial charge on any atom is -0.463 e. The molecule has 0 aliphatic carbocycles. The van der Waals surface area contributed by atoms with Crippen LogP contribution in [0.25, 0.3) is 0 Å². The van der Waals surface area contributed by atoms with Gasteiger partial charge < -0.3 is 29.0 Å². The molecule has 5 atom stereocenters. The van der Waals surface area contributed by atoms with Crippen molar-refractivity contribution in [3.8, 4) is 0 Å². The van der Waals surface area contributed by atoms with Crippen molar-refractivity contribution in [1.29, 1.82) is 0 Å². The molecule has 43 heavy (non-hydrogen) atoms. The Morgan fingerprint density at radius 1 is 0.581 bits per heavy atom. The predicted molar refractivity (Wildman–Crippen MR) is 160 cm³/mol. The van der Waals surface area contributed by atoms with Crippen LogP contribution in [0.4, 0.5) is 0 Å². The SMILES string of the molecule is CCCCCCCCCCCCCCCCCC(=O)N[C@@H]1[C@H](OC(C)=O)O[C@H](COC(C)=O)[C@@H](OC(C)=O)[C@@H]1OC(C)=O. The number of rotatable bonds is 22. The van der Waals surface area contributed by atoms with Gasteiger partial charge in [0.2, 0.25) is 12.2 Å². The number of esters is 4.